The number of nitrogens with one attached hydrogen (secondary N) is 2. The van der Waals surface area contributed by atoms with Gasteiger partial charge in [-0.25, -0.2) is 0 Å². The first-order valence-electron chi connectivity index (χ1n) is 6.78. The number of unbranched alkanes of at least 4 members (excludes halogenated alkanes) is 3. The molecule has 0 fully saturated rings. The minimum atomic E-state index is 0. The second kappa shape index (κ2) is 14.2. The fourth-order valence-electron chi connectivity index (χ4n) is 1.48. The maximum atomic E-state index is 11.4. The summed E-state index contributed by atoms with van der Waals surface area (Å²) in [5.74, 6) is 0.145. The lowest BCUT2D eigenvalue weighted by molar-refractivity contribution is -0.121. The van der Waals surface area contributed by atoms with Crippen LogP contribution in [0.3, 0.4) is 0 Å². The standard InChI is InChI=1S/C14H28N2O.CH4.H2/c1-4-5-10-15-11-8-6-7-9-14(17)16-12-13(2)3;;/h15H,2,4-12H2,1,3H3,(H,16,17);1H4;1H. The minimum Gasteiger partial charge on any atom is -0.352 e. The highest BCUT2D eigenvalue weighted by Gasteiger charge is 1.99. The summed E-state index contributed by atoms with van der Waals surface area (Å²) in [6, 6.07) is 0. The van der Waals surface area contributed by atoms with E-state index in [0.717, 1.165) is 37.9 Å². The Labute approximate surface area is 115 Å². The van der Waals surface area contributed by atoms with Crippen LogP contribution in [-0.4, -0.2) is 25.5 Å². The van der Waals surface area contributed by atoms with Crippen molar-refractivity contribution >= 4 is 5.91 Å². The SMILES string of the molecule is C.C=C(C)CNC(=O)CCCCCNCCCC.[HH]. The van der Waals surface area contributed by atoms with Crippen molar-refractivity contribution in [2.75, 3.05) is 19.6 Å². The van der Waals surface area contributed by atoms with E-state index in [9.17, 15) is 4.79 Å². The molecule has 3 heteroatoms. The molecule has 0 aromatic heterocycles. The molecule has 0 rings (SSSR count). The predicted molar refractivity (Wildman–Crippen MR) is 82.9 cm³/mol. The van der Waals surface area contributed by atoms with Crippen LogP contribution < -0.4 is 10.6 Å². The highest BCUT2D eigenvalue weighted by Crippen LogP contribution is 1.99. The molecule has 0 atom stereocenters. The zero-order valence-corrected chi connectivity index (χ0v) is 11.5. The highest BCUT2D eigenvalue weighted by molar-refractivity contribution is 5.76. The lowest BCUT2D eigenvalue weighted by Crippen LogP contribution is -2.24. The van der Waals surface area contributed by atoms with Crippen LogP contribution in [0.5, 0.6) is 0 Å². The Morgan fingerprint density at radius 1 is 1.17 bits per heavy atom. The molecular formula is C15H34N2O. The molecule has 2 N–H and O–H groups in total. The van der Waals surface area contributed by atoms with Crippen molar-refractivity contribution in [1.29, 1.82) is 0 Å². The third-order valence-electron chi connectivity index (χ3n) is 2.55. The van der Waals surface area contributed by atoms with E-state index in [1.54, 1.807) is 0 Å². The zero-order valence-electron chi connectivity index (χ0n) is 11.5. The average molecular weight is 258 g/mol. The van der Waals surface area contributed by atoms with E-state index in [2.05, 4.69) is 24.1 Å². The number of hydrogen-bond donors (Lipinski definition) is 2. The van der Waals surface area contributed by atoms with Crippen molar-refractivity contribution in [1.82, 2.24) is 10.6 Å². The van der Waals surface area contributed by atoms with Crippen molar-refractivity contribution in [3.63, 3.8) is 0 Å². The number of amides is 1. The first kappa shape index (κ1) is 19.5. The van der Waals surface area contributed by atoms with Gasteiger partial charge in [0.25, 0.3) is 0 Å². The van der Waals surface area contributed by atoms with Gasteiger partial charge in [-0.05, 0) is 39.3 Å². The molecule has 110 valence electrons. The second-order valence-electron chi connectivity index (χ2n) is 4.65. The largest absolute Gasteiger partial charge is 0.352 e. The Morgan fingerprint density at radius 3 is 2.44 bits per heavy atom. The van der Waals surface area contributed by atoms with Gasteiger partial charge in [-0.1, -0.05) is 39.3 Å². The van der Waals surface area contributed by atoms with Crippen molar-refractivity contribution in [3.05, 3.63) is 12.2 Å². The fourth-order valence-corrected chi connectivity index (χ4v) is 1.48. The average Bonchev–Trinajstić information content (AvgIpc) is 2.30. The lowest BCUT2D eigenvalue weighted by Gasteiger charge is -2.05. The smallest absolute Gasteiger partial charge is 0.220 e. The second-order valence-corrected chi connectivity index (χ2v) is 4.65. The van der Waals surface area contributed by atoms with Crippen LogP contribution in [0.4, 0.5) is 0 Å². The van der Waals surface area contributed by atoms with Crippen LogP contribution in [0.1, 0.15) is 61.2 Å². The minimum absolute atomic E-state index is 0. The van der Waals surface area contributed by atoms with Gasteiger partial charge in [0, 0.05) is 14.4 Å². The molecule has 0 spiro atoms. The van der Waals surface area contributed by atoms with E-state index in [0.29, 0.717) is 13.0 Å². The maximum absolute atomic E-state index is 11.4. The first-order valence-corrected chi connectivity index (χ1v) is 6.78. The molecule has 0 aromatic rings. The maximum Gasteiger partial charge on any atom is 0.220 e. The Kier molecular flexibility index (Phi) is 15.4. The number of carbonyl (C=O) groups excluding carboxylic acids is 1. The van der Waals surface area contributed by atoms with Gasteiger partial charge in [0.05, 0.1) is 0 Å². The summed E-state index contributed by atoms with van der Waals surface area (Å²) in [6.07, 6.45) is 6.41. The fraction of sp³-hybridized carbons (Fsp3) is 0.800. The van der Waals surface area contributed by atoms with Crippen LogP contribution in [0, 0.1) is 0 Å². The quantitative estimate of drug-likeness (QED) is 0.440. The predicted octanol–water partition coefficient (Wildman–Crippen LogP) is 3.51. The van der Waals surface area contributed by atoms with Gasteiger partial charge in [-0.15, -0.1) is 0 Å². The molecular weight excluding hydrogens is 224 g/mol. The molecule has 0 saturated carbocycles. The summed E-state index contributed by atoms with van der Waals surface area (Å²) in [4.78, 5) is 11.4. The van der Waals surface area contributed by atoms with E-state index < -0.39 is 0 Å². The topological polar surface area (TPSA) is 41.1 Å². The van der Waals surface area contributed by atoms with Crippen LogP contribution >= 0.6 is 0 Å². The van der Waals surface area contributed by atoms with Crippen molar-refractivity contribution in [3.8, 4) is 0 Å². The molecule has 0 unspecified atom stereocenters. The van der Waals surface area contributed by atoms with Crippen molar-refractivity contribution in [2.24, 2.45) is 0 Å². The summed E-state index contributed by atoms with van der Waals surface area (Å²) in [6.45, 7) is 10.7. The Balaban J connectivity index is -0.00000128. The van der Waals surface area contributed by atoms with Crippen molar-refractivity contribution in [2.45, 2.75) is 59.8 Å². The molecule has 0 bridgehead atoms. The first-order chi connectivity index (χ1) is 8.16. The molecule has 18 heavy (non-hydrogen) atoms. The van der Waals surface area contributed by atoms with Crippen LogP contribution in [0.2, 0.25) is 0 Å². The highest BCUT2D eigenvalue weighted by atomic mass is 16.1. The molecule has 0 aliphatic heterocycles. The molecule has 0 aliphatic rings. The summed E-state index contributed by atoms with van der Waals surface area (Å²) in [5, 5.41) is 6.25. The van der Waals surface area contributed by atoms with Gasteiger partial charge in [0.15, 0.2) is 0 Å². The van der Waals surface area contributed by atoms with E-state index in [4.69, 9.17) is 0 Å². The van der Waals surface area contributed by atoms with E-state index >= 15 is 0 Å². The number of carbonyl (C=O) groups is 1. The summed E-state index contributed by atoms with van der Waals surface area (Å²) in [5.41, 5.74) is 0.999. The van der Waals surface area contributed by atoms with Gasteiger partial charge in [0.1, 0.15) is 0 Å². The van der Waals surface area contributed by atoms with Crippen LogP contribution in [-0.2, 0) is 4.79 Å². The van der Waals surface area contributed by atoms with E-state index in [-0.39, 0.29) is 14.8 Å². The zero-order chi connectivity index (χ0) is 12.9. The molecule has 1 amide bonds. The van der Waals surface area contributed by atoms with E-state index in [1.807, 2.05) is 6.92 Å². The molecule has 0 aliphatic carbocycles. The van der Waals surface area contributed by atoms with Crippen LogP contribution in [0.15, 0.2) is 12.2 Å². The Bertz CT molecular complexity index is 220. The van der Waals surface area contributed by atoms with Gasteiger partial charge in [-0.2, -0.15) is 0 Å². The molecule has 0 heterocycles. The number of rotatable bonds is 11. The lowest BCUT2D eigenvalue weighted by atomic mass is 10.2. The molecule has 0 aromatic carbocycles. The number of hydrogen-bond acceptors (Lipinski definition) is 2. The van der Waals surface area contributed by atoms with E-state index in [1.165, 1.54) is 12.8 Å². The summed E-state index contributed by atoms with van der Waals surface area (Å²) >= 11 is 0. The van der Waals surface area contributed by atoms with Crippen LogP contribution in [0.25, 0.3) is 0 Å². The van der Waals surface area contributed by atoms with Crippen molar-refractivity contribution < 1.29 is 6.22 Å². The summed E-state index contributed by atoms with van der Waals surface area (Å²) < 4.78 is 0. The third kappa shape index (κ3) is 15.2. The Morgan fingerprint density at radius 2 is 1.83 bits per heavy atom. The molecule has 3 nitrogen and oxygen atoms in total. The third-order valence-corrected chi connectivity index (χ3v) is 2.55. The molecule has 0 radical (unpaired) electrons. The van der Waals surface area contributed by atoms with Gasteiger partial charge in [-0.3, -0.25) is 4.79 Å². The molecule has 0 saturated heterocycles. The normalized spacial score (nSPS) is 9.67. The monoisotopic (exact) mass is 258 g/mol. The van der Waals surface area contributed by atoms with Gasteiger partial charge in [0.2, 0.25) is 5.91 Å². The van der Waals surface area contributed by atoms with Gasteiger partial charge < -0.3 is 10.6 Å². The summed E-state index contributed by atoms with van der Waals surface area (Å²) in [7, 11) is 0. The Hall–Kier alpha value is -0.830. The van der Waals surface area contributed by atoms with Gasteiger partial charge >= 0.3 is 0 Å².